The Bertz CT molecular complexity index is 441. The Hall–Kier alpha value is -0.860. The van der Waals surface area contributed by atoms with Crippen molar-refractivity contribution >= 4 is 0 Å². The molecule has 1 aromatic rings. The molecule has 2 aliphatic rings. The Balaban J connectivity index is 1.83. The van der Waals surface area contributed by atoms with Gasteiger partial charge in [-0.25, -0.2) is 0 Å². The minimum absolute atomic E-state index is 0.309. The molecule has 1 aromatic carbocycles. The first-order chi connectivity index (χ1) is 9.23. The second kappa shape index (κ2) is 5.26. The van der Waals surface area contributed by atoms with Crippen LogP contribution in [0, 0.1) is 18.3 Å². The van der Waals surface area contributed by atoms with E-state index in [1.54, 1.807) is 0 Å². The quantitative estimate of drug-likeness (QED) is 0.878. The molecule has 104 valence electrons. The zero-order valence-corrected chi connectivity index (χ0v) is 12.1. The van der Waals surface area contributed by atoms with E-state index >= 15 is 0 Å². The molecule has 2 atom stereocenters. The third-order valence-electron chi connectivity index (χ3n) is 4.72. The van der Waals surface area contributed by atoms with Crippen molar-refractivity contribution in [2.75, 3.05) is 20.2 Å². The number of hydrogen-bond acceptors (Lipinski definition) is 2. The Morgan fingerprint density at radius 3 is 2.89 bits per heavy atom. The van der Waals surface area contributed by atoms with E-state index in [2.05, 4.69) is 43.6 Å². The molecule has 0 aromatic heterocycles. The normalized spacial score (nSPS) is 30.7. The van der Waals surface area contributed by atoms with Crippen LogP contribution in [0.4, 0.5) is 0 Å². The Morgan fingerprint density at radius 1 is 1.37 bits per heavy atom. The van der Waals surface area contributed by atoms with Gasteiger partial charge in [-0.2, -0.15) is 0 Å². The summed E-state index contributed by atoms with van der Waals surface area (Å²) in [7, 11) is 2.07. The largest absolute Gasteiger partial charge is 0.377 e. The lowest BCUT2D eigenvalue weighted by atomic mass is 9.74. The van der Waals surface area contributed by atoms with E-state index in [4.69, 9.17) is 4.74 Å². The predicted molar refractivity (Wildman–Crippen MR) is 78.3 cm³/mol. The van der Waals surface area contributed by atoms with Crippen LogP contribution >= 0.6 is 0 Å². The number of nitrogens with one attached hydrogen (secondary N) is 1. The highest BCUT2D eigenvalue weighted by Gasteiger charge is 2.50. The fraction of sp³-hybridized carbons (Fsp3) is 0.647. The van der Waals surface area contributed by atoms with E-state index in [-0.39, 0.29) is 0 Å². The van der Waals surface area contributed by atoms with Crippen LogP contribution in [-0.2, 0) is 11.2 Å². The summed E-state index contributed by atoms with van der Waals surface area (Å²) in [5, 5.41) is 3.42. The van der Waals surface area contributed by atoms with Crippen LogP contribution < -0.4 is 5.32 Å². The molecule has 1 saturated heterocycles. The van der Waals surface area contributed by atoms with Gasteiger partial charge in [0.1, 0.15) is 0 Å². The van der Waals surface area contributed by atoms with Crippen molar-refractivity contribution in [3.8, 4) is 0 Å². The van der Waals surface area contributed by atoms with Crippen LogP contribution in [0.5, 0.6) is 0 Å². The van der Waals surface area contributed by atoms with Gasteiger partial charge in [-0.15, -0.1) is 0 Å². The molecular weight excluding hydrogens is 234 g/mol. The summed E-state index contributed by atoms with van der Waals surface area (Å²) >= 11 is 0. The Labute approximate surface area is 116 Å². The molecule has 1 aliphatic carbocycles. The summed E-state index contributed by atoms with van der Waals surface area (Å²) in [6.07, 6.45) is 5.55. The average molecular weight is 259 g/mol. The van der Waals surface area contributed by atoms with E-state index in [1.807, 2.05) is 0 Å². The summed E-state index contributed by atoms with van der Waals surface area (Å²) in [6.45, 7) is 4.19. The number of aryl methyl sites for hydroxylation is 1. The molecule has 3 rings (SSSR count). The molecule has 0 radical (unpaired) electrons. The van der Waals surface area contributed by atoms with Crippen molar-refractivity contribution in [1.82, 2.24) is 5.32 Å². The van der Waals surface area contributed by atoms with Crippen LogP contribution in [0.1, 0.15) is 30.4 Å². The highest BCUT2D eigenvalue weighted by atomic mass is 16.5. The summed E-state index contributed by atoms with van der Waals surface area (Å²) in [4.78, 5) is 0. The fourth-order valence-electron chi connectivity index (χ4n) is 3.76. The molecule has 2 heteroatoms. The lowest BCUT2D eigenvalue weighted by molar-refractivity contribution is 0.0314. The van der Waals surface area contributed by atoms with Crippen molar-refractivity contribution in [3.63, 3.8) is 0 Å². The van der Waals surface area contributed by atoms with Crippen molar-refractivity contribution < 1.29 is 4.74 Å². The van der Waals surface area contributed by atoms with Crippen LogP contribution in [0.15, 0.2) is 24.3 Å². The molecule has 0 amide bonds. The fourth-order valence-corrected chi connectivity index (χ4v) is 3.76. The Kier molecular flexibility index (Phi) is 3.64. The van der Waals surface area contributed by atoms with Crippen molar-refractivity contribution in [2.24, 2.45) is 11.3 Å². The van der Waals surface area contributed by atoms with Crippen LogP contribution in [0.25, 0.3) is 0 Å². The minimum Gasteiger partial charge on any atom is -0.377 e. The second-order valence-corrected chi connectivity index (χ2v) is 6.44. The smallest absolute Gasteiger partial charge is 0.0675 e. The summed E-state index contributed by atoms with van der Waals surface area (Å²) in [5.74, 6) is 0.820. The van der Waals surface area contributed by atoms with E-state index < -0.39 is 0 Å². The molecule has 1 aliphatic heterocycles. The van der Waals surface area contributed by atoms with Gasteiger partial charge in [0.2, 0.25) is 0 Å². The van der Waals surface area contributed by atoms with Crippen molar-refractivity contribution in [1.29, 1.82) is 0 Å². The van der Waals surface area contributed by atoms with Gasteiger partial charge in [0.15, 0.2) is 0 Å². The van der Waals surface area contributed by atoms with Gasteiger partial charge in [0.05, 0.1) is 6.10 Å². The molecule has 19 heavy (non-hydrogen) atoms. The average Bonchev–Trinajstić information content (AvgIpc) is 3.13. The molecule has 2 nitrogen and oxygen atoms in total. The van der Waals surface area contributed by atoms with Gasteiger partial charge in [0, 0.05) is 18.6 Å². The van der Waals surface area contributed by atoms with Crippen LogP contribution in [0.3, 0.4) is 0 Å². The number of benzene rings is 1. The maximum absolute atomic E-state index is 6.11. The first-order valence-electron chi connectivity index (χ1n) is 7.55. The standard InChI is InChI=1S/C17H25NO/c1-13-4-3-5-14(10-13)11-17(12-18-2)8-9-19-16(17)15-6-7-15/h3-5,10,15-16,18H,6-9,11-12H2,1-2H3. The highest BCUT2D eigenvalue weighted by molar-refractivity contribution is 5.24. The molecule has 0 spiro atoms. The third kappa shape index (κ3) is 2.70. The molecule has 1 saturated carbocycles. The summed E-state index contributed by atoms with van der Waals surface area (Å²) in [6, 6.07) is 8.96. The first-order valence-corrected chi connectivity index (χ1v) is 7.55. The van der Waals surface area contributed by atoms with Gasteiger partial charge in [0.25, 0.3) is 0 Å². The van der Waals surface area contributed by atoms with Gasteiger partial charge < -0.3 is 10.1 Å². The first kappa shape index (κ1) is 13.1. The summed E-state index contributed by atoms with van der Waals surface area (Å²) in [5.41, 5.74) is 3.13. The lowest BCUT2D eigenvalue weighted by Gasteiger charge is -2.34. The van der Waals surface area contributed by atoms with E-state index in [9.17, 15) is 0 Å². The summed E-state index contributed by atoms with van der Waals surface area (Å²) < 4.78 is 6.11. The number of ether oxygens (including phenoxy) is 1. The van der Waals surface area contributed by atoms with Crippen molar-refractivity contribution in [3.05, 3.63) is 35.4 Å². The Morgan fingerprint density at radius 2 is 2.21 bits per heavy atom. The van der Waals surface area contributed by atoms with Gasteiger partial charge in [-0.05, 0) is 51.1 Å². The molecule has 1 N–H and O–H groups in total. The highest BCUT2D eigenvalue weighted by Crippen LogP contribution is 2.49. The van der Waals surface area contributed by atoms with E-state index in [0.717, 1.165) is 25.5 Å². The SMILES string of the molecule is CNCC1(Cc2cccc(C)c2)CCOC1C1CC1. The maximum Gasteiger partial charge on any atom is 0.0675 e. The van der Waals surface area contributed by atoms with Gasteiger partial charge >= 0.3 is 0 Å². The number of rotatable bonds is 5. The van der Waals surface area contributed by atoms with E-state index in [1.165, 1.54) is 30.4 Å². The molecule has 2 unspecified atom stereocenters. The molecular formula is C17H25NO. The molecule has 1 heterocycles. The molecule has 2 fully saturated rings. The van der Waals surface area contributed by atoms with Gasteiger partial charge in [-0.3, -0.25) is 0 Å². The van der Waals surface area contributed by atoms with Crippen LogP contribution in [0.2, 0.25) is 0 Å². The third-order valence-corrected chi connectivity index (χ3v) is 4.72. The maximum atomic E-state index is 6.11. The second-order valence-electron chi connectivity index (χ2n) is 6.44. The predicted octanol–water partition coefficient (Wildman–Crippen LogP) is 2.94. The number of hydrogen-bond donors (Lipinski definition) is 1. The molecule has 0 bridgehead atoms. The minimum atomic E-state index is 0.309. The topological polar surface area (TPSA) is 21.3 Å². The van der Waals surface area contributed by atoms with E-state index in [0.29, 0.717) is 11.5 Å². The lowest BCUT2D eigenvalue weighted by Crippen LogP contribution is -2.42. The van der Waals surface area contributed by atoms with Gasteiger partial charge in [-0.1, -0.05) is 29.8 Å². The zero-order valence-electron chi connectivity index (χ0n) is 12.1. The monoisotopic (exact) mass is 259 g/mol. The van der Waals surface area contributed by atoms with Crippen LogP contribution in [-0.4, -0.2) is 26.3 Å². The zero-order chi connectivity index (χ0) is 13.3. The van der Waals surface area contributed by atoms with Crippen molar-refractivity contribution in [2.45, 2.75) is 38.7 Å².